The Balaban J connectivity index is 1.50. The molecule has 0 spiro atoms. The molecule has 3 fully saturated rings. The van der Waals surface area contributed by atoms with Crippen LogP contribution >= 0.6 is 0 Å². The maximum atomic E-state index is 10.2. The molecule has 0 aromatic heterocycles. The predicted octanol–water partition coefficient (Wildman–Crippen LogP) is 6.71. The molecule has 0 radical (unpaired) electrons. The Morgan fingerprint density at radius 3 is 2.45 bits per heavy atom. The van der Waals surface area contributed by atoms with Crippen molar-refractivity contribution in [3.63, 3.8) is 0 Å². The molecular weight excluding hydrogens is 356 g/mol. The fourth-order valence-electron chi connectivity index (χ4n) is 8.65. The van der Waals surface area contributed by atoms with E-state index in [-0.39, 0.29) is 5.41 Å². The lowest BCUT2D eigenvalue weighted by atomic mass is 9.46. The van der Waals surface area contributed by atoms with Crippen LogP contribution in [0.4, 0.5) is 0 Å². The van der Waals surface area contributed by atoms with Gasteiger partial charge in [0.1, 0.15) is 0 Å². The number of fused-ring (bicyclic) bond motifs is 5. The Bertz CT molecular complexity index is 634. The van der Waals surface area contributed by atoms with Crippen LogP contribution < -0.4 is 0 Å². The van der Waals surface area contributed by atoms with Gasteiger partial charge >= 0.3 is 0 Å². The van der Waals surface area contributed by atoms with E-state index in [0.717, 1.165) is 41.9 Å². The molecule has 0 unspecified atom stereocenters. The van der Waals surface area contributed by atoms with Crippen LogP contribution in [0.3, 0.4) is 0 Å². The molecule has 0 aliphatic heterocycles. The average Bonchev–Trinajstić information content (AvgIpc) is 2.99. The topological polar surface area (TPSA) is 40.5 Å². The first-order valence-electron chi connectivity index (χ1n) is 12.7. The average molecular weight is 403 g/mol. The molecule has 4 rings (SSSR count). The maximum absolute atomic E-state index is 10.2. The molecule has 3 saturated carbocycles. The van der Waals surface area contributed by atoms with E-state index in [4.69, 9.17) is 0 Å². The number of rotatable bonds is 5. The summed E-state index contributed by atoms with van der Waals surface area (Å²) in [7, 11) is 0. The summed E-state index contributed by atoms with van der Waals surface area (Å²) >= 11 is 0. The summed E-state index contributed by atoms with van der Waals surface area (Å²) in [4.78, 5) is 0. The molecule has 0 bridgehead atoms. The first kappa shape index (κ1) is 21.9. The highest BCUT2D eigenvalue weighted by Gasteiger charge is 2.59. The fraction of sp³-hybridized carbons (Fsp3) is 0.926. The van der Waals surface area contributed by atoms with Crippen molar-refractivity contribution in [3.05, 3.63) is 11.6 Å². The van der Waals surface area contributed by atoms with Crippen molar-refractivity contribution in [2.75, 3.05) is 0 Å². The van der Waals surface area contributed by atoms with Gasteiger partial charge in [0.15, 0.2) is 5.79 Å². The van der Waals surface area contributed by atoms with Crippen molar-refractivity contribution < 1.29 is 10.2 Å². The minimum Gasteiger partial charge on any atom is -0.365 e. The van der Waals surface area contributed by atoms with Gasteiger partial charge < -0.3 is 10.2 Å². The molecular formula is C27H46O2. The van der Waals surface area contributed by atoms with Crippen LogP contribution in [-0.2, 0) is 0 Å². The zero-order chi connectivity index (χ0) is 21.0. The molecule has 166 valence electrons. The Hall–Kier alpha value is -0.340. The van der Waals surface area contributed by atoms with Crippen molar-refractivity contribution in [3.8, 4) is 0 Å². The lowest BCUT2D eigenvalue weighted by molar-refractivity contribution is -0.189. The quantitative estimate of drug-likeness (QED) is 0.396. The Labute approximate surface area is 179 Å². The lowest BCUT2D eigenvalue weighted by Crippen LogP contribution is -2.52. The van der Waals surface area contributed by atoms with Gasteiger partial charge in [0.25, 0.3) is 0 Å². The fourth-order valence-corrected chi connectivity index (χ4v) is 8.65. The number of hydrogen-bond donors (Lipinski definition) is 2. The molecule has 2 N–H and O–H groups in total. The highest BCUT2D eigenvalue weighted by atomic mass is 16.5. The molecule has 29 heavy (non-hydrogen) atoms. The predicted molar refractivity (Wildman–Crippen MR) is 120 cm³/mol. The van der Waals surface area contributed by atoms with Gasteiger partial charge in [-0.2, -0.15) is 0 Å². The summed E-state index contributed by atoms with van der Waals surface area (Å²) in [6, 6.07) is 0. The van der Waals surface area contributed by atoms with Crippen LogP contribution in [0, 0.1) is 46.3 Å². The van der Waals surface area contributed by atoms with Crippen molar-refractivity contribution in [2.24, 2.45) is 46.3 Å². The Kier molecular flexibility index (Phi) is 5.78. The molecule has 7 atom stereocenters. The summed E-state index contributed by atoms with van der Waals surface area (Å²) in [5.41, 5.74) is 2.10. The van der Waals surface area contributed by atoms with E-state index >= 15 is 0 Å². The van der Waals surface area contributed by atoms with Crippen molar-refractivity contribution in [2.45, 2.75) is 111 Å². The van der Waals surface area contributed by atoms with Crippen LogP contribution in [0.15, 0.2) is 11.6 Å². The minimum absolute atomic E-state index is 0.209. The van der Waals surface area contributed by atoms with Crippen LogP contribution in [0.5, 0.6) is 0 Å². The van der Waals surface area contributed by atoms with E-state index in [1.165, 1.54) is 56.9 Å². The molecule has 0 saturated heterocycles. The second kappa shape index (κ2) is 7.66. The van der Waals surface area contributed by atoms with E-state index in [1.54, 1.807) is 0 Å². The second-order valence-electron chi connectivity index (χ2n) is 12.4. The van der Waals surface area contributed by atoms with Crippen LogP contribution in [0.25, 0.3) is 0 Å². The van der Waals surface area contributed by atoms with E-state index in [2.05, 4.69) is 40.7 Å². The van der Waals surface area contributed by atoms with Crippen LogP contribution in [0.1, 0.15) is 105 Å². The molecule has 4 aliphatic carbocycles. The van der Waals surface area contributed by atoms with Crippen LogP contribution in [-0.4, -0.2) is 16.0 Å². The first-order chi connectivity index (χ1) is 13.6. The maximum Gasteiger partial charge on any atom is 0.166 e. The van der Waals surface area contributed by atoms with Gasteiger partial charge in [-0.15, -0.1) is 0 Å². The van der Waals surface area contributed by atoms with Gasteiger partial charge in [0.2, 0.25) is 0 Å². The molecule has 4 aliphatic rings. The highest BCUT2D eigenvalue weighted by molar-refractivity contribution is 5.26. The standard InChI is InChI=1S/C27H46O2/c1-18(2)7-6-8-19(3)22-11-12-23-21-10-9-20-17-27(28,29)16-15-25(20,4)24(21)13-14-26(22,23)5/h9,18-19,21-24,28-29H,6-8,10-17H2,1-5H3/t19-,21+,22-,23+,24-,25+,26-/m1/s1. The molecule has 0 aromatic carbocycles. The third-order valence-electron chi connectivity index (χ3n) is 10.3. The summed E-state index contributed by atoms with van der Waals surface area (Å²) in [6.45, 7) is 12.4. The molecule has 0 aromatic rings. The van der Waals surface area contributed by atoms with Crippen molar-refractivity contribution in [1.29, 1.82) is 0 Å². The SMILES string of the molecule is CC(C)CCC[C@@H](C)[C@H]1CC[C@H]2[C@@H]3CC=C4CC(O)(O)CC[C@]4(C)[C@@H]3CC[C@]12C. The Morgan fingerprint density at radius 1 is 0.966 bits per heavy atom. The van der Waals surface area contributed by atoms with Gasteiger partial charge in [-0.25, -0.2) is 0 Å². The van der Waals surface area contributed by atoms with Gasteiger partial charge in [0, 0.05) is 12.8 Å². The zero-order valence-electron chi connectivity index (χ0n) is 19.7. The van der Waals surface area contributed by atoms with Gasteiger partial charge in [-0.1, -0.05) is 65.5 Å². The largest absolute Gasteiger partial charge is 0.365 e. The lowest BCUT2D eigenvalue weighted by Gasteiger charge is -2.59. The molecule has 2 nitrogen and oxygen atoms in total. The number of hydrogen-bond acceptors (Lipinski definition) is 2. The number of allylic oxidation sites excluding steroid dienone is 1. The number of aliphatic hydroxyl groups is 2. The zero-order valence-corrected chi connectivity index (χ0v) is 19.7. The van der Waals surface area contributed by atoms with Crippen molar-refractivity contribution >= 4 is 0 Å². The van der Waals surface area contributed by atoms with Gasteiger partial charge in [-0.3, -0.25) is 0 Å². The van der Waals surface area contributed by atoms with Crippen LogP contribution in [0.2, 0.25) is 0 Å². The molecule has 0 amide bonds. The second-order valence-corrected chi connectivity index (χ2v) is 12.4. The highest BCUT2D eigenvalue weighted by Crippen LogP contribution is 2.67. The minimum atomic E-state index is -1.47. The smallest absolute Gasteiger partial charge is 0.166 e. The molecule has 0 heterocycles. The van der Waals surface area contributed by atoms with Crippen molar-refractivity contribution in [1.82, 2.24) is 0 Å². The summed E-state index contributed by atoms with van der Waals surface area (Å²) in [5, 5.41) is 20.5. The summed E-state index contributed by atoms with van der Waals surface area (Å²) < 4.78 is 0. The van der Waals surface area contributed by atoms with E-state index < -0.39 is 5.79 Å². The summed E-state index contributed by atoms with van der Waals surface area (Å²) in [5.74, 6) is 3.60. The third-order valence-corrected chi connectivity index (χ3v) is 10.3. The van der Waals surface area contributed by atoms with E-state index in [1.807, 2.05) is 0 Å². The first-order valence-corrected chi connectivity index (χ1v) is 12.7. The van der Waals surface area contributed by atoms with E-state index in [9.17, 15) is 10.2 Å². The van der Waals surface area contributed by atoms with E-state index in [0.29, 0.717) is 18.3 Å². The third kappa shape index (κ3) is 3.75. The molecule has 2 heteroatoms. The van der Waals surface area contributed by atoms with Gasteiger partial charge in [0.05, 0.1) is 0 Å². The van der Waals surface area contributed by atoms with Gasteiger partial charge in [-0.05, 0) is 84.9 Å². The normalized spacial score (nSPS) is 44.6. The summed E-state index contributed by atoms with van der Waals surface area (Å²) in [6.07, 6.45) is 15.4. The Morgan fingerprint density at radius 2 is 1.72 bits per heavy atom. The monoisotopic (exact) mass is 402 g/mol.